The summed E-state index contributed by atoms with van der Waals surface area (Å²) in [7, 11) is 0. The van der Waals surface area contributed by atoms with Crippen LogP contribution < -0.4 is 4.74 Å². The minimum atomic E-state index is -0.987. The first kappa shape index (κ1) is 15.5. The second-order valence-corrected chi connectivity index (χ2v) is 6.03. The van der Waals surface area contributed by atoms with Crippen LogP contribution in [0.25, 0.3) is 0 Å². The molecule has 0 radical (unpaired) electrons. The lowest BCUT2D eigenvalue weighted by Crippen LogP contribution is -2.00. The van der Waals surface area contributed by atoms with Gasteiger partial charge in [-0.1, -0.05) is 25.9 Å². The molecule has 0 aliphatic rings. The first-order chi connectivity index (χ1) is 10.0. The number of ether oxygens (including phenoxy) is 1. The molecule has 0 aromatic carbocycles. The number of rotatable bonds is 7. The zero-order chi connectivity index (χ0) is 15.4. The number of carboxylic acids is 1. The number of hydrogen-bond donors (Lipinski definition) is 1. The van der Waals surface area contributed by atoms with E-state index in [1.165, 1.54) is 11.3 Å². The van der Waals surface area contributed by atoms with Crippen molar-refractivity contribution < 1.29 is 19.2 Å². The van der Waals surface area contributed by atoms with Crippen LogP contribution >= 0.6 is 11.3 Å². The van der Waals surface area contributed by atoms with Gasteiger partial charge in [0.2, 0.25) is 0 Å². The van der Waals surface area contributed by atoms with Crippen molar-refractivity contribution in [1.29, 1.82) is 0 Å². The maximum absolute atomic E-state index is 11.2. The first-order valence-corrected chi connectivity index (χ1v) is 7.64. The van der Waals surface area contributed by atoms with Crippen molar-refractivity contribution in [3.8, 4) is 5.75 Å². The summed E-state index contributed by atoms with van der Waals surface area (Å²) in [6.45, 7) is 6.13. The fourth-order valence-corrected chi connectivity index (χ4v) is 2.69. The average molecular weight is 310 g/mol. The molecule has 0 unspecified atom stereocenters. The van der Waals surface area contributed by atoms with Crippen LogP contribution in [0.3, 0.4) is 0 Å². The van der Waals surface area contributed by atoms with Gasteiger partial charge in [0.15, 0.2) is 17.3 Å². The number of aryl methyl sites for hydroxylation is 1. The lowest BCUT2D eigenvalue weighted by atomic mass is 10.2. The number of nitrogens with zero attached hydrogens (tertiary/aromatic N) is 2. The van der Waals surface area contributed by atoms with Gasteiger partial charge in [-0.2, -0.15) is 4.98 Å². The van der Waals surface area contributed by atoms with Gasteiger partial charge in [0.1, 0.15) is 5.75 Å². The molecular formula is C14H18N2O4S. The zero-order valence-corrected chi connectivity index (χ0v) is 13.1. The van der Waals surface area contributed by atoms with Gasteiger partial charge in [-0.3, -0.25) is 0 Å². The van der Waals surface area contributed by atoms with Crippen molar-refractivity contribution in [3.63, 3.8) is 0 Å². The Bertz CT molecular complexity index is 618. The molecule has 0 spiro atoms. The van der Waals surface area contributed by atoms with Crippen LogP contribution in [0.1, 0.15) is 59.4 Å². The third-order valence-corrected chi connectivity index (χ3v) is 4.22. The Morgan fingerprint density at radius 3 is 2.90 bits per heavy atom. The van der Waals surface area contributed by atoms with Crippen molar-refractivity contribution in [2.45, 2.75) is 46.1 Å². The summed E-state index contributed by atoms with van der Waals surface area (Å²) in [4.78, 5) is 16.6. The minimum Gasteiger partial charge on any atom is -0.482 e. The van der Waals surface area contributed by atoms with Gasteiger partial charge in [0.25, 0.3) is 5.89 Å². The van der Waals surface area contributed by atoms with Gasteiger partial charge in [-0.05, 0) is 18.4 Å². The molecule has 114 valence electrons. The molecule has 0 amide bonds. The van der Waals surface area contributed by atoms with Gasteiger partial charge in [0.05, 0.1) is 0 Å². The smallest absolute Gasteiger partial charge is 0.349 e. The Hall–Kier alpha value is -1.89. The van der Waals surface area contributed by atoms with Crippen molar-refractivity contribution in [2.75, 3.05) is 0 Å². The van der Waals surface area contributed by atoms with Crippen LogP contribution in [-0.2, 0) is 13.0 Å². The Morgan fingerprint density at radius 1 is 1.52 bits per heavy atom. The number of thiophene rings is 1. The Kier molecular flexibility index (Phi) is 4.95. The molecule has 0 bridgehead atoms. The fourth-order valence-electron chi connectivity index (χ4n) is 1.75. The first-order valence-electron chi connectivity index (χ1n) is 6.82. The highest BCUT2D eigenvalue weighted by molar-refractivity contribution is 7.14. The normalized spacial score (nSPS) is 11.0. The lowest BCUT2D eigenvalue weighted by molar-refractivity contribution is 0.0697. The molecule has 0 saturated heterocycles. The minimum absolute atomic E-state index is 0.0747. The summed E-state index contributed by atoms with van der Waals surface area (Å²) in [6, 6.07) is 1.77. The summed E-state index contributed by atoms with van der Waals surface area (Å²) in [5.74, 6) is 0.616. The summed E-state index contributed by atoms with van der Waals surface area (Å²) < 4.78 is 10.6. The largest absolute Gasteiger partial charge is 0.482 e. The molecule has 1 N–H and O–H groups in total. The highest BCUT2D eigenvalue weighted by Gasteiger charge is 2.19. The van der Waals surface area contributed by atoms with Crippen LogP contribution in [0.5, 0.6) is 5.75 Å². The summed E-state index contributed by atoms with van der Waals surface area (Å²) >= 11 is 1.23. The molecule has 2 rings (SSSR count). The second-order valence-electron chi connectivity index (χ2n) is 4.95. The molecule has 2 heterocycles. The van der Waals surface area contributed by atoms with E-state index in [1.54, 1.807) is 6.07 Å². The van der Waals surface area contributed by atoms with Crippen LogP contribution in [0.2, 0.25) is 0 Å². The second kappa shape index (κ2) is 6.71. The summed E-state index contributed by atoms with van der Waals surface area (Å²) in [5.41, 5.74) is 0. The van der Waals surface area contributed by atoms with E-state index in [0.29, 0.717) is 17.5 Å². The molecule has 0 aliphatic heterocycles. The van der Waals surface area contributed by atoms with E-state index >= 15 is 0 Å². The van der Waals surface area contributed by atoms with E-state index < -0.39 is 5.97 Å². The highest BCUT2D eigenvalue weighted by atomic mass is 32.1. The standard InChI is InChI=1S/C14H18N2O4S/c1-4-5-11-15-12(20-16-11)7-19-9-6-10(8(2)3)21-13(9)14(17)18/h6,8H,4-5,7H2,1-3H3,(H,17,18). The highest BCUT2D eigenvalue weighted by Crippen LogP contribution is 2.34. The average Bonchev–Trinajstić information content (AvgIpc) is 3.03. The maximum atomic E-state index is 11.2. The van der Waals surface area contributed by atoms with Crippen LogP contribution in [0.4, 0.5) is 0 Å². The molecule has 0 atom stereocenters. The molecule has 2 aromatic heterocycles. The summed E-state index contributed by atoms with van der Waals surface area (Å²) in [6.07, 6.45) is 1.69. The molecule has 0 aliphatic carbocycles. The van der Waals surface area contributed by atoms with Crippen molar-refractivity contribution in [3.05, 3.63) is 27.5 Å². The van der Waals surface area contributed by atoms with E-state index in [1.807, 2.05) is 20.8 Å². The lowest BCUT2D eigenvalue weighted by Gasteiger charge is -2.01. The van der Waals surface area contributed by atoms with Gasteiger partial charge in [0, 0.05) is 11.3 Å². The van der Waals surface area contributed by atoms with E-state index in [2.05, 4.69) is 10.1 Å². The maximum Gasteiger partial charge on any atom is 0.349 e. The Labute approximate surface area is 126 Å². The molecule has 21 heavy (non-hydrogen) atoms. The Balaban J connectivity index is 2.09. The molecule has 6 nitrogen and oxygen atoms in total. The number of carboxylic acid groups (broad SMARTS) is 1. The Morgan fingerprint density at radius 2 is 2.29 bits per heavy atom. The van der Waals surface area contributed by atoms with Crippen molar-refractivity contribution in [1.82, 2.24) is 10.1 Å². The van der Waals surface area contributed by atoms with Gasteiger partial charge < -0.3 is 14.4 Å². The van der Waals surface area contributed by atoms with Crippen LogP contribution in [-0.4, -0.2) is 21.2 Å². The van der Waals surface area contributed by atoms with E-state index in [-0.39, 0.29) is 17.4 Å². The molecular weight excluding hydrogens is 292 g/mol. The van der Waals surface area contributed by atoms with Gasteiger partial charge >= 0.3 is 5.97 Å². The SMILES string of the molecule is CCCc1noc(COc2cc(C(C)C)sc2C(=O)O)n1. The van der Waals surface area contributed by atoms with E-state index in [4.69, 9.17) is 9.26 Å². The van der Waals surface area contributed by atoms with E-state index in [0.717, 1.165) is 17.7 Å². The number of carbonyl (C=O) groups is 1. The topological polar surface area (TPSA) is 85.5 Å². The van der Waals surface area contributed by atoms with Crippen LogP contribution in [0, 0.1) is 0 Å². The van der Waals surface area contributed by atoms with E-state index in [9.17, 15) is 9.90 Å². The number of aromatic carboxylic acids is 1. The van der Waals surface area contributed by atoms with Gasteiger partial charge in [-0.25, -0.2) is 4.79 Å². The van der Waals surface area contributed by atoms with Crippen molar-refractivity contribution >= 4 is 17.3 Å². The predicted molar refractivity (Wildman–Crippen MR) is 78.0 cm³/mol. The van der Waals surface area contributed by atoms with Crippen molar-refractivity contribution in [2.24, 2.45) is 0 Å². The number of hydrogen-bond acceptors (Lipinski definition) is 6. The zero-order valence-electron chi connectivity index (χ0n) is 12.3. The van der Waals surface area contributed by atoms with Crippen LogP contribution in [0.15, 0.2) is 10.6 Å². The predicted octanol–water partition coefficient (Wildman–Crippen LogP) is 3.48. The molecule has 2 aromatic rings. The molecule has 0 fully saturated rings. The quantitative estimate of drug-likeness (QED) is 0.842. The summed E-state index contributed by atoms with van der Waals surface area (Å²) in [5, 5.41) is 13.0. The molecule has 7 heteroatoms. The molecule has 0 saturated carbocycles. The monoisotopic (exact) mass is 310 g/mol. The fraction of sp³-hybridized carbons (Fsp3) is 0.500. The third-order valence-electron chi connectivity index (χ3n) is 2.82. The third kappa shape index (κ3) is 3.81. The van der Waals surface area contributed by atoms with Gasteiger partial charge in [-0.15, -0.1) is 11.3 Å². The number of aromatic nitrogens is 2.